The van der Waals surface area contributed by atoms with E-state index in [4.69, 9.17) is 21.1 Å². The fourth-order valence-electron chi connectivity index (χ4n) is 3.24. The maximum atomic E-state index is 13.3. The number of unbranched alkanes of at least 4 members (excludes halogenated alkanes) is 5. The van der Waals surface area contributed by atoms with Crippen LogP contribution in [0, 0.1) is 0 Å². The van der Waals surface area contributed by atoms with E-state index in [2.05, 4.69) is 6.92 Å². The molecule has 0 fully saturated rings. The lowest BCUT2D eigenvalue weighted by atomic mass is 9.90. The highest BCUT2D eigenvalue weighted by atomic mass is 35.5. The van der Waals surface area contributed by atoms with Crippen molar-refractivity contribution in [3.8, 4) is 5.75 Å². The molecule has 156 valence electrons. The fourth-order valence-corrected chi connectivity index (χ4v) is 3.50. The first-order valence-electron chi connectivity index (χ1n) is 10.2. The number of hydrogen-bond acceptors (Lipinski definition) is 4. The molecule has 0 aromatic heterocycles. The second kappa shape index (κ2) is 12.3. The molecule has 2 aromatic carbocycles. The van der Waals surface area contributed by atoms with Crippen molar-refractivity contribution in [3.05, 3.63) is 64.7 Å². The molecular weight excluding hydrogens is 388 g/mol. The predicted octanol–water partition coefficient (Wildman–Crippen LogP) is 6.22. The number of carbonyl (C=O) groups excluding carboxylic acids is 2. The molecule has 2 rings (SSSR count). The smallest absolute Gasteiger partial charge is 0.321 e. The Morgan fingerprint density at radius 2 is 1.62 bits per heavy atom. The average Bonchev–Trinajstić information content (AvgIpc) is 2.73. The maximum absolute atomic E-state index is 13.3. The van der Waals surface area contributed by atoms with Crippen LogP contribution in [0.2, 0.25) is 5.02 Å². The molecule has 0 spiro atoms. The summed E-state index contributed by atoms with van der Waals surface area (Å²) in [4.78, 5) is 26.2. The first-order valence-corrected chi connectivity index (χ1v) is 10.6. The van der Waals surface area contributed by atoms with Gasteiger partial charge in [-0.05, 0) is 24.1 Å². The van der Waals surface area contributed by atoms with Gasteiger partial charge in [-0.25, -0.2) is 0 Å². The molecule has 0 bridgehead atoms. The Morgan fingerprint density at radius 1 is 0.931 bits per heavy atom. The van der Waals surface area contributed by atoms with E-state index in [0.717, 1.165) is 19.3 Å². The molecule has 0 aliphatic rings. The third-order valence-corrected chi connectivity index (χ3v) is 5.13. The van der Waals surface area contributed by atoms with Crippen molar-refractivity contribution in [2.24, 2.45) is 0 Å². The van der Waals surface area contributed by atoms with E-state index in [1.807, 2.05) is 6.07 Å². The van der Waals surface area contributed by atoms with E-state index >= 15 is 0 Å². The number of ketones is 1. The van der Waals surface area contributed by atoms with Crippen LogP contribution in [0.25, 0.3) is 0 Å². The van der Waals surface area contributed by atoms with Crippen molar-refractivity contribution in [3.63, 3.8) is 0 Å². The third kappa shape index (κ3) is 6.60. The summed E-state index contributed by atoms with van der Waals surface area (Å²) in [6.07, 6.45) is 6.55. The van der Waals surface area contributed by atoms with E-state index < -0.39 is 17.7 Å². The maximum Gasteiger partial charge on any atom is 0.321 e. The van der Waals surface area contributed by atoms with Crippen LogP contribution in [-0.2, 0) is 9.53 Å². The summed E-state index contributed by atoms with van der Waals surface area (Å²) in [6.45, 7) is 2.48. The summed E-state index contributed by atoms with van der Waals surface area (Å²) in [5, 5.41) is 0.249. The second-order valence-electron chi connectivity index (χ2n) is 6.96. The minimum atomic E-state index is -1.08. The van der Waals surface area contributed by atoms with Gasteiger partial charge < -0.3 is 9.47 Å². The standard InChI is InChI=1S/C24H29ClO4/c1-3-4-5-6-7-11-17-29-24(27)21(18-13-9-8-10-14-18)23(26)22-19(25)15-12-16-20(22)28-2/h8-10,12-16,21H,3-7,11,17H2,1-2H3. The number of benzene rings is 2. The molecule has 0 saturated carbocycles. The Labute approximate surface area is 178 Å². The summed E-state index contributed by atoms with van der Waals surface area (Å²) in [5.74, 6) is -1.72. The van der Waals surface area contributed by atoms with Gasteiger partial charge in [-0.1, -0.05) is 87.0 Å². The molecule has 0 heterocycles. The van der Waals surface area contributed by atoms with Gasteiger partial charge in [-0.15, -0.1) is 0 Å². The van der Waals surface area contributed by atoms with Gasteiger partial charge in [0.15, 0.2) is 5.78 Å². The van der Waals surface area contributed by atoms with E-state index in [0.29, 0.717) is 17.9 Å². The lowest BCUT2D eigenvalue weighted by Gasteiger charge is -2.18. The van der Waals surface area contributed by atoms with Gasteiger partial charge in [0.1, 0.15) is 11.7 Å². The van der Waals surface area contributed by atoms with Crippen LogP contribution in [-0.4, -0.2) is 25.5 Å². The fraction of sp³-hybridized carbons (Fsp3) is 0.417. The zero-order chi connectivity index (χ0) is 21.1. The van der Waals surface area contributed by atoms with E-state index in [1.165, 1.54) is 26.4 Å². The quantitative estimate of drug-likeness (QED) is 0.178. The van der Waals surface area contributed by atoms with Crippen LogP contribution in [0.5, 0.6) is 5.75 Å². The molecule has 0 radical (unpaired) electrons. The minimum Gasteiger partial charge on any atom is -0.496 e. The Hall–Kier alpha value is -2.33. The summed E-state index contributed by atoms with van der Waals surface area (Å²) in [5.41, 5.74) is 0.773. The lowest BCUT2D eigenvalue weighted by molar-refractivity contribution is -0.144. The van der Waals surface area contributed by atoms with Crippen LogP contribution in [0.4, 0.5) is 0 Å². The monoisotopic (exact) mass is 416 g/mol. The molecule has 5 heteroatoms. The third-order valence-electron chi connectivity index (χ3n) is 4.81. The highest BCUT2D eigenvalue weighted by Crippen LogP contribution is 2.32. The Bertz CT molecular complexity index is 789. The first-order chi connectivity index (χ1) is 14.1. The van der Waals surface area contributed by atoms with Crippen molar-refractivity contribution >= 4 is 23.4 Å². The number of ether oxygens (including phenoxy) is 2. The molecule has 4 nitrogen and oxygen atoms in total. The van der Waals surface area contributed by atoms with Crippen LogP contribution in [0.3, 0.4) is 0 Å². The largest absolute Gasteiger partial charge is 0.496 e. The van der Waals surface area contributed by atoms with Gasteiger partial charge in [0.25, 0.3) is 0 Å². The lowest BCUT2D eigenvalue weighted by Crippen LogP contribution is -2.25. The summed E-state index contributed by atoms with van der Waals surface area (Å²) in [6, 6.07) is 13.9. The number of halogens is 1. The molecule has 1 atom stereocenters. The number of esters is 1. The van der Waals surface area contributed by atoms with Crippen molar-refractivity contribution in [2.45, 2.75) is 51.4 Å². The average molecular weight is 417 g/mol. The van der Waals surface area contributed by atoms with Gasteiger partial charge in [0.05, 0.1) is 24.3 Å². The van der Waals surface area contributed by atoms with E-state index in [9.17, 15) is 9.59 Å². The molecule has 0 N–H and O–H groups in total. The molecule has 0 saturated heterocycles. The zero-order valence-electron chi connectivity index (χ0n) is 17.2. The van der Waals surface area contributed by atoms with Crippen LogP contribution in [0.15, 0.2) is 48.5 Å². The van der Waals surface area contributed by atoms with Crippen molar-refractivity contribution < 1.29 is 19.1 Å². The van der Waals surface area contributed by atoms with Gasteiger partial charge in [-0.3, -0.25) is 9.59 Å². The van der Waals surface area contributed by atoms with Gasteiger partial charge in [0.2, 0.25) is 0 Å². The number of methoxy groups -OCH3 is 1. The van der Waals surface area contributed by atoms with Crippen molar-refractivity contribution in [1.82, 2.24) is 0 Å². The van der Waals surface area contributed by atoms with Crippen LogP contribution >= 0.6 is 11.6 Å². The van der Waals surface area contributed by atoms with Crippen LogP contribution in [0.1, 0.15) is 67.3 Å². The highest BCUT2D eigenvalue weighted by Gasteiger charge is 2.33. The van der Waals surface area contributed by atoms with Crippen LogP contribution < -0.4 is 4.74 Å². The van der Waals surface area contributed by atoms with Gasteiger partial charge in [-0.2, -0.15) is 0 Å². The summed E-state index contributed by atoms with van der Waals surface area (Å²) >= 11 is 6.27. The number of carbonyl (C=O) groups is 2. The number of Topliss-reactive ketones (excluding diaryl/α,β-unsaturated/α-hetero) is 1. The molecule has 29 heavy (non-hydrogen) atoms. The summed E-state index contributed by atoms with van der Waals surface area (Å²) < 4.78 is 10.8. The Morgan fingerprint density at radius 3 is 2.31 bits per heavy atom. The highest BCUT2D eigenvalue weighted by molar-refractivity contribution is 6.35. The molecule has 1 unspecified atom stereocenters. The molecule has 2 aromatic rings. The SMILES string of the molecule is CCCCCCCCOC(=O)C(C(=O)c1c(Cl)cccc1OC)c1ccccc1. The normalized spacial score (nSPS) is 11.7. The Balaban J connectivity index is 2.14. The molecular formula is C24H29ClO4. The molecule has 0 aliphatic heterocycles. The predicted molar refractivity (Wildman–Crippen MR) is 116 cm³/mol. The van der Waals surface area contributed by atoms with Crippen molar-refractivity contribution in [1.29, 1.82) is 0 Å². The Kier molecular flexibility index (Phi) is 9.72. The topological polar surface area (TPSA) is 52.6 Å². The van der Waals surface area contributed by atoms with Gasteiger partial charge in [0, 0.05) is 0 Å². The number of rotatable bonds is 12. The summed E-state index contributed by atoms with van der Waals surface area (Å²) in [7, 11) is 1.47. The van der Waals surface area contributed by atoms with E-state index in [1.54, 1.807) is 42.5 Å². The minimum absolute atomic E-state index is 0.196. The molecule has 0 amide bonds. The van der Waals surface area contributed by atoms with Crippen molar-refractivity contribution in [2.75, 3.05) is 13.7 Å². The second-order valence-corrected chi connectivity index (χ2v) is 7.37. The number of hydrogen-bond donors (Lipinski definition) is 0. The zero-order valence-corrected chi connectivity index (χ0v) is 17.9. The molecule has 0 aliphatic carbocycles. The van der Waals surface area contributed by atoms with E-state index in [-0.39, 0.29) is 10.6 Å². The first kappa shape index (κ1) is 23.0. The van der Waals surface area contributed by atoms with Gasteiger partial charge >= 0.3 is 5.97 Å².